The minimum Gasteiger partial charge on any atom is -0.587 e. The van der Waals surface area contributed by atoms with Gasteiger partial charge in [0, 0.05) is 11.1 Å². The second-order valence-corrected chi connectivity index (χ2v) is 2.27. The number of carbonyl (C=O) groups is 2. The summed E-state index contributed by atoms with van der Waals surface area (Å²) in [6.07, 6.45) is 0. The zero-order valence-electron chi connectivity index (χ0n) is 5.87. The molecule has 0 spiro atoms. The molecule has 0 radical (unpaired) electrons. The van der Waals surface area contributed by atoms with Crippen molar-refractivity contribution in [2.24, 2.45) is 0 Å². The Kier molecular flexibility index (Phi) is 2.47. The van der Waals surface area contributed by atoms with Crippen LogP contribution in [0.2, 0.25) is 0 Å². The van der Waals surface area contributed by atoms with Gasteiger partial charge in [-0.25, -0.2) is 0 Å². The third-order valence-electron chi connectivity index (χ3n) is 1.59. The standard InChI is InChI=1S/C8H5NO2.Ag/c10-7-5-3-1-2-4-6(5)8(11)9-7;/h1-4H,(H,9,10,11);/q;+1/p-1. The molecule has 0 aromatic heterocycles. The van der Waals surface area contributed by atoms with E-state index in [-0.39, 0.29) is 22.4 Å². The Morgan fingerprint density at radius 2 is 1.33 bits per heavy atom. The van der Waals surface area contributed by atoms with Crippen LogP contribution in [0, 0.1) is 0 Å². The maximum atomic E-state index is 10.9. The number of imide groups is 1. The van der Waals surface area contributed by atoms with Crippen molar-refractivity contribution in [2.45, 2.75) is 0 Å². The zero-order chi connectivity index (χ0) is 7.84. The summed E-state index contributed by atoms with van der Waals surface area (Å²) in [6.45, 7) is 0. The summed E-state index contributed by atoms with van der Waals surface area (Å²) < 4.78 is 0. The summed E-state index contributed by atoms with van der Waals surface area (Å²) >= 11 is 0. The van der Waals surface area contributed by atoms with Gasteiger partial charge in [-0.15, -0.1) is 0 Å². The van der Waals surface area contributed by atoms with Crippen LogP contribution in [0.4, 0.5) is 0 Å². The zero-order valence-corrected chi connectivity index (χ0v) is 7.36. The fraction of sp³-hybridized carbons (Fsp3) is 0. The van der Waals surface area contributed by atoms with Gasteiger partial charge in [-0.1, -0.05) is 24.3 Å². The normalized spacial score (nSPS) is 13.3. The molecule has 1 aromatic rings. The van der Waals surface area contributed by atoms with Gasteiger partial charge in [-0.3, -0.25) is 0 Å². The van der Waals surface area contributed by atoms with E-state index in [1.165, 1.54) is 0 Å². The van der Waals surface area contributed by atoms with Gasteiger partial charge in [0.15, 0.2) is 0 Å². The molecular weight excluding hydrogens is 250 g/mol. The molecular formula is C8H4AgNO2. The molecule has 0 atom stereocenters. The first kappa shape index (κ1) is 9.19. The van der Waals surface area contributed by atoms with Gasteiger partial charge in [-0.2, -0.15) is 0 Å². The van der Waals surface area contributed by atoms with Crippen LogP contribution in [0.1, 0.15) is 20.7 Å². The Balaban J connectivity index is 0.000000720. The molecule has 0 saturated carbocycles. The molecule has 2 rings (SSSR count). The predicted octanol–water partition coefficient (Wildman–Crippen LogP) is 1.35. The molecule has 4 heteroatoms. The van der Waals surface area contributed by atoms with Gasteiger partial charge in [0.2, 0.25) is 0 Å². The van der Waals surface area contributed by atoms with Crippen molar-refractivity contribution in [3.05, 3.63) is 40.7 Å². The maximum absolute atomic E-state index is 10.9. The van der Waals surface area contributed by atoms with E-state index in [4.69, 9.17) is 0 Å². The van der Waals surface area contributed by atoms with Crippen molar-refractivity contribution in [1.82, 2.24) is 0 Å². The third-order valence-corrected chi connectivity index (χ3v) is 1.59. The first-order chi connectivity index (χ1) is 5.29. The van der Waals surface area contributed by atoms with E-state index in [1.54, 1.807) is 24.3 Å². The second-order valence-electron chi connectivity index (χ2n) is 2.27. The van der Waals surface area contributed by atoms with Crippen molar-refractivity contribution >= 4 is 11.8 Å². The number of hydrogen-bond donors (Lipinski definition) is 0. The number of hydrogen-bond acceptors (Lipinski definition) is 2. The molecule has 0 aliphatic carbocycles. The number of amides is 2. The monoisotopic (exact) mass is 253 g/mol. The summed E-state index contributed by atoms with van der Waals surface area (Å²) in [5, 5.41) is 3.28. The van der Waals surface area contributed by atoms with Crippen LogP contribution in [-0.4, -0.2) is 11.8 Å². The van der Waals surface area contributed by atoms with E-state index in [0.717, 1.165) is 0 Å². The molecule has 2 amide bonds. The second kappa shape index (κ2) is 3.23. The third kappa shape index (κ3) is 1.22. The molecule has 1 aliphatic heterocycles. The Labute approximate surface area is 84.7 Å². The first-order valence-electron chi connectivity index (χ1n) is 3.18. The van der Waals surface area contributed by atoms with Crippen LogP contribution in [0.3, 0.4) is 0 Å². The van der Waals surface area contributed by atoms with Gasteiger partial charge >= 0.3 is 22.4 Å². The number of rotatable bonds is 0. The Morgan fingerprint density at radius 3 is 1.75 bits per heavy atom. The van der Waals surface area contributed by atoms with Crippen molar-refractivity contribution in [2.75, 3.05) is 0 Å². The molecule has 1 heterocycles. The average molecular weight is 254 g/mol. The average Bonchev–Trinajstić information content (AvgIpc) is 2.30. The molecule has 0 unspecified atom stereocenters. The minimum absolute atomic E-state index is 0. The number of benzene rings is 1. The van der Waals surface area contributed by atoms with E-state index in [9.17, 15) is 9.59 Å². The van der Waals surface area contributed by atoms with Gasteiger partial charge in [0.25, 0.3) is 0 Å². The van der Waals surface area contributed by atoms with Crippen molar-refractivity contribution in [3.8, 4) is 0 Å². The molecule has 1 aromatic carbocycles. The molecule has 0 N–H and O–H groups in total. The Bertz CT molecular complexity index is 316. The molecule has 0 bridgehead atoms. The van der Waals surface area contributed by atoms with Gasteiger partial charge in [0.05, 0.1) is 11.8 Å². The van der Waals surface area contributed by atoms with Crippen molar-refractivity contribution in [1.29, 1.82) is 0 Å². The summed E-state index contributed by atoms with van der Waals surface area (Å²) in [7, 11) is 0. The summed E-state index contributed by atoms with van der Waals surface area (Å²) in [5.41, 5.74) is 0.829. The van der Waals surface area contributed by atoms with E-state index in [2.05, 4.69) is 5.32 Å². The summed E-state index contributed by atoms with van der Waals surface area (Å²) in [5.74, 6) is -0.851. The van der Waals surface area contributed by atoms with Crippen LogP contribution in [0.25, 0.3) is 5.32 Å². The SMILES string of the molecule is O=C1[N-]C(=O)c2ccccc21.[Ag+]. The maximum Gasteiger partial charge on any atom is 1.00 e. The quantitative estimate of drug-likeness (QED) is 0.518. The van der Waals surface area contributed by atoms with Crippen LogP contribution in [-0.2, 0) is 22.4 Å². The predicted molar refractivity (Wildman–Crippen MR) is 38.5 cm³/mol. The molecule has 0 saturated heterocycles. The summed E-state index contributed by atoms with van der Waals surface area (Å²) in [4.78, 5) is 21.8. The van der Waals surface area contributed by atoms with E-state index in [1.807, 2.05) is 0 Å². The molecule has 64 valence electrons. The van der Waals surface area contributed by atoms with Crippen LogP contribution < -0.4 is 0 Å². The molecule has 0 fully saturated rings. The number of carbonyl (C=O) groups excluding carboxylic acids is 2. The number of nitrogens with zero attached hydrogens (tertiary/aromatic N) is 1. The van der Waals surface area contributed by atoms with E-state index >= 15 is 0 Å². The van der Waals surface area contributed by atoms with Crippen molar-refractivity contribution in [3.63, 3.8) is 0 Å². The largest absolute Gasteiger partial charge is 1.00 e. The van der Waals surface area contributed by atoms with Gasteiger partial charge < -0.3 is 14.9 Å². The van der Waals surface area contributed by atoms with E-state index < -0.39 is 11.8 Å². The Morgan fingerprint density at radius 1 is 0.917 bits per heavy atom. The topological polar surface area (TPSA) is 48.2 Å². The molecule has 1 aliphatic rings. The number of fused-ring (bicyclic) bond motifs is 1. The van der Waals surface area contributed by atoms with Crippen LogP contribution in [0.15, 0.2) is 24.3 Å². The van der Waals surface area contributed by atoms with Gasteiger partial charge in [0.1, 0.15) is 0 Å². The van der Waals surface area contributed by atoms with Crippen LogP contribution >= 0.6 is 0 Å². The first-order valence-corrected chi connectivity index (χ1v) is 3.18. The Hall–Kier alpha value is -0.900. The smallest absolute Gasteiger partial charge is 0.587 e. The van der Waals surface area contributed by atoms with Crippen LogP contribution in [0.5, 0.6) is 0 Å². The fourth-order valence-electron chi connectivity index (χ4n) is 1.07. The summed E-state index contributed by atoms with van der Waals surface area (Å²) in [6, 6.07) is 6.63. The van der Waals surface area contributed by atoms with Crippen molar-refractivity contribution < 1.29 is 32.0 Å². The van der Waals surface area contributed by atoms with E-state index in [0.29, 0.717) is 11.1 Å². The minimum atomic E-state index is -0.425. The molecule has 3 nitrogen and oxygen atoms in total. The molecule has 12 heavy (non-hydrogen) atoms. The van der Waals surface area contributed by atoms with Gasteiger partial charge in [-0.05, 0) is 0 Å². The fourth-order valence-corrected chi connectivity index (χ4v) is 1.07.